The lowest BCUT2D eigenvalue weighted by Crippen LogP contribution is -2.28. The molecule has 0 bridgehead atoms. The molecule has 85 heavy (non-hydrogen) atoms. The highest BCUT2D eigenvalue weighted by molar-refractivity contribution is 5.70. The molecular formula is C80H158O5. The number of aliphatic hydroxyl groups is 1. The normalized spacial score (nSPS) is 12.0. The molecular weight excluding hydrogens is 1040 g/mol. The average molecular weight is 1200 g/mol. The summed E-state index contributed by atoms with van der Waals surface area (Å²) in [6.07, 6.45) is 99.3. The minimum absolute atomic E-state index is 0.0551. The summed E-state index contributed by atoms with van der Waals surface area (Å²) in [6, 6.07) is 0. The maximum absolute atomic E-state index is 12.4. The van der Waals surface area contributed by atoms with Gasteiger partial charge in [0.25, 0.3) is 0 Å². The SMILES string of the molecule is CCCCCCCCCCCCCCCCCCCCCCCCCCCCCCCCCCCCCCCCCCCC(=O)OC(CO)COC(=O)CCCCCCCCCCCCCCCCCCCCCCCCCCCCCCCC. The minimum atomic E-state index is -0.766. The van der Waals surface area contributed by atoms with Gasteiger partial charge in [-0.25, -0.2) is 0 Å². The predicted molar refractivity (Wildman–Crippen MR) is 376 cm³/mol. The number of hydrogen-bond donors (Lipinski definition) is 1. The number of aliphatic hydroxyl groups excluding tert-OH is 1. The van der Waals surface area contributed by atoms with Crippen LogP contribution in [0.3, 0.4) is 0 Å². The van der Waals surface area contributed by atoms with Crippen LogP contribution in [0, 0.1) is 0 Å². The monoisotopic (exact) mass is 1200 g/mol. The number of rotatable bonds is 77. The van der Waals surface area contributed by atoms with Gasteiger partial charge in [-0.15, -0.1) is 0 Å². The van der Waals surface area contributed by atoms with Gasteiger partial charge in [0, 0.05) is 12.8 Å². The third-order valence-corrected chi connectivity index (χ3v) is 19.2. The highest BCUT2D eigenvalue weighted by Gasteiger charge is 2.16. The average Bonchev–Trinajstić information content (AvgIpc) is 3.52. The van der Waals surface area contributed by atoms with E-state index in [1.165, 1.54) is 424 Å². The molecule has 0 spiro atoms. The smallest absolute Gasteiger partial charge is 0.306 e. The zero-order valence-electron chi connectivity index (χ0n) is 58.7. The molecule has 5 nitrogen and oxygen atoms in total. The van der Waals surface area contributed by atoms with Crippen molar-refractivity contribution in [3.8, 4) is 0 Å². The summed E-state index contributed by atoms with van der Waals surface area (Å²) in [7, 11) is 0. The Balaban J connectivity index is 3.32. The van der Waals surface area contributed by atoms with Gasteiger partial charge in [-0.1, -0.05) is 457 Å². The fraction of sp³-hybridized carbons (Fsp3) is 0.975. The molecule has 0 amide bonds. The molecule has 0 heterocycles. The molecule has 0 aromatic rings. The van der Waals surface area contributed by atoms with Crippen LogP contribution in [-0.2, 0) is 19.1 Å². The second-order valence-electron chi connectivity index (χ2n) is 27.9. The van der Waals surface area contributed by atoms with Gasteiger partial charge in [0.1, 0.15) is 6.61 Å². The van der Waals surface area contributed by atoms with Crippen molar-refractivity contribution in [1.82, 2.24) is 0 Å². The molecule has 0 radical (unpaired) electrons. The topological polar surface area (TPSA) is 72.8 Å². The van der Waals surface area contributed by atoms with Gasteiger partial charge in [0.2, 0.25) is 0 Å². The zero-order chi connectivity index (χ0) is 61.2. The van der Waals surface area contributed by atoms with Crippen LogP contribution in [0.2, 0.25) is 0 Å². The predicted octanol–water partition coefficient (Wildman–Crippen LogP) is 28.0. The van der Waals surface area contributed by atoms with Crippen LogP contribution in [0.4, 0.5) is 0 Å². The molecule has 0 saturated heterocycles. The van der Waals surface area contributed by atoms with Crippen molar-refractivity contribution in [2.24, 2.45) is 0 Å². The Morgan fingerprint density at radius 3 is 0.518 bits per heavy atom. The number of hydrogen-bond acceptors (Lipinski definition) is 5. The van der Waals surface area contributed by atoms with Crippen molar-refractivity contribution in [3.63, 3.8) is 0 Å². The van der Waals surface area contributed by atoms with E-state index < -0.39 is 6.10 Å². The zero-order valence-corrected chi connectivity index (χ0v) is 58.7. The molecule has 5 heteroatoms. The Morgan fingerprint density at radius 1 is 0.224 bits per heavy atom. The lowest BCUT2D eigenvalue weighted by atomic mass is 10.0. The first-order valence-corrected chi connectivity index (χ1v) is 40.1. The second kappa shape index (κ2) is 77.1. The quantitative estimate of drug-likeness (QED) is 0.0485. The van der Waals surface area contributed by atoms with Crippen LogP contribution in [0.25, 0.3) is 0 Å². The van der Waals surface area contributed by atoms with E-state index in [2.05, 4.69) is 13.8 Å². The summed E-state index contributed by atoms with van der Waals surface area (Å²) in [6.45, 7) is 4.24. The van der Waals surface area contributed by atoms with E-state index in [1.54, 1.807) is 0 Å². The van der Waals surface area contributed by atoms with E-state index >= 15 is 0 Å². The lowest BCUT2D eigenvalue weighted by Gasteiger charge is -2.15. The molecule has 0 aromatic carbocycles. The molecule has 1 N–H and O–H groups in total. The fourth-order valence-corrected chi connectivity index (χ4v) is 13.2. The number of carbonyl (C=O) groups excluding carboxylic acids is 2. The standard InChI is InChI=1S/C80H158O5/c1-3-5-7-9-11-13-15-17-19-21-23-25-27-29-31-33-35-36-37-38-39-40-41-42-43-44-45-47-49-51-53-55-57-59-61-63-65-67-69-71-73-75-80(83)85-78(76-81)77-84-79(82)74-72-70-68-66-64-62-60-58-56-54-52-50-48-46-34-32-30-28-26-24-22-20-18-16-14-12-10-8-6-4-2/h78,81H,3-77H2,1-2H3. The van der Waals surface area contributed by atoms with Gasteiger partial charge in [0.05, 0.1) is 6.61 Å². The summed E-state index contributed by atoms with van der Waals surface area (Å²) < 4.78 is 10.8. The number of carbonyl (C=O) groups is 2. The van der Waals surface area contributed by atoms with Gasteiger partial charge >= 0.3 is 11.9 Å². The first kappa shape index (κ1) is 83.9. The van der Waals surface area contributed by atoms with Crippen LogP contribution < -0.4 is 0 Å². The van der Waals surface area contributed by atoms with Crippen LogP contribution in [-0.4, -0.2) is 36.4 Å². The van der Waals surface area contributed by atoms with Gasteiger partial charge < -0.3 is 14.6 Å². The molecule has 0 aliphatic carbocycles. The summed E-state index contributed by atoms with van der Waals surface area (Å²) in [5.41, 5.74) is 0. The minimum Gasteiger partial charge on any atom is -0.462 e. The maximum atomic E-state index is 12.4. The van der Waals surface area contributed by atoms with Gasteiger partial charge in [-0.2, -0.15) is 0 Å². The highest BCUT2D eigenvalue weighted by atomic mass is 16.6. The van der Waals surface area contributed by atoms with Crippen LogP contribution in [0.15, 0.2) is 0 Å². The Labute approximate surface area is 535 Å². The van der Waals surface area contributed by atoms with E-state index in [0.29, 0.717) is 12.8 Å². The van der Waals surface area contributed by atoms with E-state index in [4.69, 9.17) is 9.47 Å². The second-order valence-corrected chi connectivity index (χ2v) is 27.9. The third-order valence-electron chi connectivity index (χ3n) is 19.2. The summed E-state index contributed by atoms with van der Waals surface area (Å²) in [5, 5.41) is 9.72. The van der Waals surface area contributed by atoms with Crippen LogP contribution in [0.5, 0.6) is 0 Å². The fourth-order valence-electron chi connectivity index (χ4n) is 13.2. The van der Waals surface area contributed by atoms with Crippen molar-refractivity contribution in [2.45, 2.75) is 489 Å². The van der Waals surface area contributed by atoms with Crippen molar-refractivity contribution >= 4 is 11.9 Å². The Kier molecular flexibility index (Phi) is 76.1. The Bertz CT molecular complexity index is 1220. The van der Waals surface area contributed by atoms with Gasteiger partial charge in [-0.05, 0) is 12.8 Å². The number of ether oxygens (including phenoxy) is 2. The third kappa shape index (κ3) is 75.3. The lowest BCUT2D eigenvalue weighted by molar-refractivity contribution is -0.161. The molecule has 0 aromatic heterocycles. The van der Waals surface area contributed by atoms with Crippen LogP contribution >= 0.6 is 0 Å². The van der Waals surface area contributed by atoms with Crippen LogP contribution in [0.1, 0.15) is 483 Å². The van der Waals surface area contributed by atoms with E-state index in [-0.39, 0.29) is 25.2 Å². The van der Waals surface area contributed by atoms with E-state index in [9.17, 15) is 14.7 Å². The van der Waals surface area contributed by atoms with Crippen molar-refractivity contribution in [2.75, 3.05) is 13.2 Å². The number of unbranched alkanes of at least 4 members (excludes halogenated alkanes) is 69. The first-order chi connectivity index (χ1) is 42.1. The molecule has 1 unspecified atom stereocenters. The molecule has 0 fully saturated rings. The molecule has 0 saturated carbocycles. The largest absolute Gasteiger partial charge is 0.462 e. The molecule has 508 valence electrons. The first-order valence-electron chi connectivity index (χ1n) is 40.1. The van der Waals surface area contributed by atoms with Gasteiger partial charge in [0.15, 0.2) is 6.10 Å². The van der Waals surface area contributed by atoms with Crippen molar-refractivity contribution in [3.05, 3.63) is 0 Å². The van der Waals surface area contributed by atoms with E-state index in [0.717, 1.165) is 32.1 Å². The molecule has 0 rings (SSSR count). The number of esters is 2. The van der Waals surface area contributed by atoms with Crippen molar-refractivity contribution in [1.29, 1.82) is 0 Å². The molecule has 1 atom stereocenters. The molecule has 0 aliphatic rings. The highest BCUT2D eigenvalue weighted by Crippen LogP contribution is 2.21. The Morgan fingerprint density at radius 2 is 0.365 bits per heavy atom. The summed E-state index contributed by atoms with van der Waals surface area (Å²) >= 11 is 0. The molecule has 0 aliphatic heterocycles. The maximum Gasteiger partial charge on any atom is 0.306 e. The van der Waals surface area contributed by atoms with Gasteiger partial charge in [-0.3, -0.25) is 9.59 Å². The van der Waals surface area contributed by atoms with E-state index in [1.807, 2.05) is 0 Å². The van der Waals surface area contributed by atoms with Crippen molar-refractivity contribution < 1.29 is 24.2 Å². The Hall–Kier alpha value is -1.10. The summed E-state index contributed by atoms with van der Waals surface area (Å²) in [5.74, 6) is -0.556. The summed E-state index contributed by atoms with van der Waals surface area (Å²) in [4.78, 5) is 24.7.